The number of nitrogens with zero attached hydrogens (tertiary/aromatic N) is 6. The Labute approximate surface area is 228 Å². The molecule has 0 aliphatic heterocycles. The number of halogens is 3. The lowest BCUT2D eigenvalue weighted by Crippen LogP contribution is -2.26. The van der Waals surface area contributed by atoms with Crippen LogP contribution in [0.2, 0.25) is 5.02 Å². The van der Waals surface area contributed by atoms with Crippen LogP contribution < -0.4 is 10.6 Å². The van der Waals surface area contributed by atoms with E-state index in [-0.39, 0.29) is 5.41 Å². The highest BCUT2D eigenvalue weighted by atomic mass is 35.5. The van der Waals surface area contributed by atoms with Gasteiger partial charge in [-0.2, -0.15) is 5.26 Å². The summed E-state index contributed by atoms with van der Waals surface area (Å²) >= 11 is 8.11. The van der Waals surface area contributed by atoms with Crippen LogP contribution in [0.5, 0.6) is 0 Å². The fraction of sp³-hybridized carbons (Fsp3) is 0.423. The zero-order chi connectivity index (χ0) is 27.2. The average Bonchev–Trinajstić information content (AvgIpc) is 3.33. The van der Waals surface area contributed by atoms with E-state index in [1.807, 2.05) is 13.0 Å². The Morgan fingerprint density at radius 1 is 1.26 bits per heavy atom. The molecule has 0 spiro atoms. The number of thiazole rings is 1. The minimum atomic E-state index is -2.52. The van der Waals surface area contributed by atoms with Crippen molar-refractivity contribution in [2.45, 2.75) is 58.5 Å². The van der Waals surface area contributed by atoms with E-state index in [2.05, 4.69) is 57.8 Å². The third-order valence-corrected chi connectivity index (χ3v) is 7.91. The van der Waals surface area contributed by atoms with Crippen LogP contribution in [0.1, 0.15) is 61.5 Å². The van der Waals surface area contributed by atoms with Crippen LogP contribution in [0.4, 0.5) is 20.2 Å². The van der Waals surface area contributed by atoms with Crippen LogP contribution >= 0.6 is 22.9 Å². The Balaban J connectivity index is 1.57. The molecule has 2 N–H and O–H groups in total. The number of rotatable bonds is 8. The largest absolute Gasteiger partial charge is 0.383 e. The number of aromatic nitrogens is 5. The van der Waals surface area contributed by atoms with Crippen LogP contribution in [0.3, 0.4) is 0 Å². The van der Waals surface area contributed by atoms with Gasteiger partial charge in [-0.25, -0.2) is 18.4 Å². The number of benzene rings is 1. The van der Waals surface area contributed by atoms with Crippen LogP contribution in [0.15, 0.2) is 30.0 Å². The van der Waals surface area contributed by atoms with Gasteiger partial charge in [0.05, 0.1) is 44.1 Å². The summed E-state index contributed by atoms with van der Waals surface area (Å²) in [5, 5.41) is 26.1. The number of fused-ring (bicyclic) bond motifs is 1. The molecule has 0 saturated heterocycles. The van der Waals surface area contributed by atoms with Gasteiger partial charge in [-0.3, -0.25) is 4.98 Å². The summed E-state index contributed by atoms with van der Waals surface area (Å²) in [5.74, 6) is 0. The number of hydrogen-bond acceptors (Lipinski definition) is 8. The second kappa shape index (κ2) is 9.75. The molecule has 12 heteroatoms. The Morgan fingerprint density at radius 3 is 2.63 bits per heavy atom. The number of aryl methyl sites for hydroxylation is 1. The highest BCUT2D eigenvalue weighted by Gasteiger charge is 2.54. The van der Waals surface area contributed by atoms with Gasteiger partial charge in [0.1, 0.15) is 23.3 Å². The molecule has 5 rings (SSSR count). The van der Waals surface area contributed by atoms with E-state index in [1.165, 1.54) is 22.2 Å². The summed E-state index contributed by atoms with van der Waals surface area (Å²) in [6, 6.07) is 5.35. The van der Waals surface area contributed by atoms with Crippen molar-refractivity contribution in [3.05, 3.63) is 56.9 Å². The number of hydrogen-bond donors (Lipinski definition) is 2. The van der Waals surface area contributed by atoms with Crippen molar-refractivity contribution in [2.75, 3.05) is 17.2 Å². The summed E-state index contributed by atoms with van der Waals surface area (Å²) < 4.78 is 28.7. The van der Waals surface area contributed by atoms with Gasteiger partial charge >= 0.3 is 0 Å². The van der Waals surface area contributed by atoms with E-state index in [0.717, 1.165) is 10.6 Å². The average molecular weight is 557 g/mol. The number of nitrogens with one attached hydrogen (secondary N) is 2. The summed E-state index contributed by atoms with van der Waals surface area (Å²) in [6.07, 6.45) is 1.32. The highest BCUT2D eigenvalue weighted by molar-refractivity contribution is 7.09. The highest BCUT2D eigenvalue weighted by Crippen LogP contribution is 2.48. The first-order valence-corrected chi connectivity index (χ1v) is 13.4. The molecule has 0 radical (unpaired) electrons. The molecule has 0 bridgehead atoms. The predicted molar refractivity (Wildman–Crippen MR) is 145 cm³/mol. The second-order valence-corrected chi connectivity index (χ2v) is 12.1. The molecule has 3 aromatic heterocycles. The minimum Gasteiger partial charge on any atom is -0.383 e. The van der Waals surface area contributed by atoms with Crippen molar-refractivity contribution in [1.29, 1.82) is 5.26 Å². The minimum absolute atomic E-state index is 0.0280. The van der Waals surface area contributed by atoms with Crippen molar-refractivity contribution in [3.63, 3.8) is 0 Å². The molecule has 198 valence electrons. The zero-order valence-corrected chi connectivity index (χ0v) is 23.0. The van der Waals surface area contributed by atoms with Crippen molar-refractivity contribution in [1.82, 2.24) is 25.0 Å². The molecule has 1 fully saturated rings. The van der Waals surface area contributed by atoms with Gasteiger partial charge in [-0.15, -0.1) is 16.4 Å². The summed E-state index contributed by atoms with van der Waals surface area (Å²) in [6.45, 7) is 8.82. The molecule has 0 amide bonds. The van der Waals surface area contributed by atoms with Gasteiger partial charge in [0.15, 0.2) is 0 Å². The van der Waals surface area contributed by atoms with E-state index >= 15 is 0 Å². The van der Waals surface area contributed by atoms with Gasteiger partial charge in [0.25, 0.3) is 6.43 Å². The molecular weight excluding hydrogens is 530 g/mol. The first-order chi connectivity index (χ1) is 18.0. The number of nitriles is 1. The normalized spacial score (nSPS) is 15.4. The maximum Gasteiger partial charge on any atom is 0.263 e. The fourth-order valence-corrected chi connectivity index (χ4v) is 5.43. The van der Waals surface area contributed by atoms with Crippen molar-refractivity contribution >= 4 is 45.2 Å². The summed E-state index contributed by atoms with van der Waals surface area (Å²) in [7, 11) is 0. The zero-order valence-electron chi connectivity index (χ0n) is 21.4. The summed E-state index contributed by atoms with van der Waals surface area (Å²) in [4.78, 5) is 9.68. The van der Waals surface area contributed by atoms with Gasteiger partial charge < -0.3 is 10.6 Å². The predicted octanol–water partition coefficient (Wildman–Crippen LogP) is 6.53. The van der Waals surface area contributed by atoms with Gasteiger partial charge in [0, 0.05) is 23.8 Å². The standard InChI is InChI=1S/C26H27ClF2N8S/c1-14-23(38-13-33-14)22(19-11-37(36-35-19)26(5-6-26)24(28)29)34-16-7-17-20(32-12-25(2,3)4)15(9-30)10-31-21(17)18(27)8-16/h7-8,10-11,13,22,24,34H,5-6,12H2,1-4H3,(H,31,32)/t22-/m1/s1. The van der Waals surface area contributed by atoms with E-state index in [0.29, 0.717) is 57.9 Å². The Bertz CT molecular complexity index is 1530. The maximum absolute atomic E-state index is 13.7. The molecule has 38 heavy (non-hydrogen) atoms. The molecule has 1 aliphatic carbocycles. The van der Waals surface area contributed by atoms with Gasteiger partial charge in [-0.05, 0) is 37.3 Å². The molecule has 1 atom stereocenters. The summed E-state index contributed by atoms with van der Waals surface area (Å²) in [5.41, 5.74) is 4.00. The Hall–Kier alpha value is -3.36. The Morgan fingerprint density at radius 2 is 2.03 bits per heavy atom. The lowest BCUT2D eigenvalue weighted by molar-refractivity contribution is 0.0593. The van der Waals surface area contributed by atoms with Gasteiger partial charge in [0.2, 0.25) is 0 Å². The quantitative estimate of drug-likeness (QED) is 0.254. The first kappa shape index (κ1) is 26.3. The monoisotopic (exact) mass is 556 g/mol. The van der Waals surface area contributed by atoms with Crippen molar-refractivity contribution in [3.8, 4) is 6.07 Å². The lowest BCUT2D eigenvalue weighted by Gasteiger charge is -2.22. The van der Waals surface area contributed by atoms with Crippen LogP contribution in [-0.4, -0.2) is 37.9 Å². The molecule has 0 unspecified atom stereocenters. The molecule has 8 nitrogen and oxygen atoms in total. The number of anilines is 2. The maximum atomic E-state index is 13.7. The van der Waals surface area contributed by atoms with E-state index < -0.39 is 18.0 Å². The number of alkyl halides is 2. The SMILES string of the molecule is Cc1ncsc1[C@H](Nc1cc(Cl)c2ncc(C#N)c(NCC(C)(C)C)c2c1)c1cn(C2(C(F)F)CC2)nn1. The van der Waals surface area contributed by atoms with E-state index in [4.69, 9.17) is 11.6 Å². The second-order valence-electron chi connectivity index (χ2n) is 10.8. The third kappa shape index (κ3) is 4.90. The fourth-order valence-electron chi connectivity index (χ4n) is 4.30. The van der Waals surface area contributed by atoms with E-state index in [9.17, 15) is 14.0 Å². The lowest BCUT2D eigenvalue weighted by atomic mass is 9.96. The number of pyridine rings is 1. The molecule has 4 aromatic rings. The van der Waals surface area contributed by atoms with E-state index in [1.54, 1.807) is 17.8 Å². The Kier molecular flexibility index (Phi) is 6.73. The van der Waals surface area contributed by atoms with Crippen LogP contribution in [-0.2, 0) is 5.54 Å². The van der Waals surface area contributed by atoms with Crippen LogP contribution in [0, 0.1) is 23.7 Å². The molecule has 1 aromatic carbocycles. The topological polar surface area (TPSA) is 104 Å². The smallest absolute Gasteiger partial charge is 0.263 e. The molecule has 1 aliphatic rings. The first-order valence-electron chi connectivity index (χ1n) is 12.2. The molecule has 1 saturated carbocycles. The molecule has 3 heterocycles. The van der Waals surface area contributed by atoms with Gasteiger partial charge in [-0.1, -0.05) is 37.6 Å². The van der Waals surface area contributed by atoms with Crippen molar-refractivity contribution in [2.24, 2.45) is 5.41 Å². The third-order valence-electron chi connectivity index (χ3n) is 6.63. The molecular formula is C26H27ClF2N8S. The van der Waals surface area contributed by atoms with Crippen molar-refractivity contribution < 1.29 is 8.78 Å². The van der Waals surface area contributed by atoms with Crippen LogP contribution in [0.25, 0.3) is 10.9 Å².